The van der Waals surface area contributed by atoms with Crippen molar-refractivity contribution in [3.05, 3.63) is 35.4 Å². The van der Waals surface area contributed by atoms with Gasteiger partial charge in [-0.15, -0.1) is 0 Å². The number of amides is 1. The van der Waals surface area contributed by atoms with Crippen LogP contribution in [0.4, 0.5) is 0 Å². The Morgan fingerprint density at radius 1 is 1.35 bits per heavy atom. The lowest BCUT2D eigenvalue weighted by molar-refractivity contribution is 0.0648. The number of aliphatic hydroxyl groups excluding tert-OH is 1. The number of aryl methyl sites for hydroxylation is 1. The van der Waals surface area contributed by atoms with E-state index in [0.29, 0.717) is 5.92 Å². The first-order chi connectivity index (χ1) is 9.67. The van der Waals surface area contributed by atoms with Crippen LogP contribution >= 0.6 is 0 Å². The van der Waals surface area contributed by atoms with E-state index in [1.54, 1.807) is 0 Å². The minimum Gasteiger partial charge on any atom is -0.394 e. The van der Waals surface area contributed by atoms with Crippen LogP contribution in [0.25, 0.3) is 0 Å². The summed E-state index contributed by atoms with van der Waals surface area (Å²) in [6.45, 7) is 5.09. The zero-order valence-corrected chi connectivity index (χ0v) is 12.5. The second-order valence-electron chi connectivity index (χ2n) is 5.81. The van der Waals surface area contributed by atoms with E-state index in [1.807, 2.05) is 17.0 Å². The third-order valence-corrected chi connectivity index (χ3v) is 4.35. The number of unbranched alkanes of at least 4 members (excludes halogenated alkanes) is 1. The van der Waals surface area contributed by atoms with Crippen molar-refractivity contribution in [1.82, 2.24) is 4.90 Å². The Bertz CT molecular complexity index is 441. The van der Waals surface area contributed by atoms with Gasteiger partial charge in [-0.3, -0.25) is 4.79 Å². The number of carbonyl (C=O) groups is 1. The van der Waals surface area contributed by atoms with Gasteiger partial charge in [-0.25, -0.2) is 0 Å². The Labute approximate surface area is 121 Å². The molecule has 3 heteroatoms. The first-order valence-electron chi connectivity index (χ1n) is 7.68. The molecule has 110 valence electrons. The van der Waals surface area contributed by atoms with Crippen LogP contribution < -0.4 is 0 Å². The summed E-state index contributed by atoms with van der Waals surface area (Å²) in [4.78, 5) is 14.3. The van der Waals surface area contributed by atoms with E-state index >= 15 is 0 Å². The molecule has 0 aromatic heterocycles. The number of likely N-dealkylation sites (tertiary alicyclic amines) is 1. The Morgan fingerprint density at radius 2 is 2.05 bits per heavy atom. The fraction of sp³-hybridized carbons (Fsp3) is 0.588. The van der Waals surface area contributed by atoms with Gasteiger partial charge in [0.25, 0.3) is 5.91 Å². The smallest absolute Gasteiger partial charge is 0.254 e. The number of aliphatic hydroxyl groups is 1. The molecular weight excluding hydrogens is 250 g/mol. The third-order valence-electron chi connectivity index (χ3n) is 4.35. The predicted octanol–water partition coefficient (Wildman–Crippen LogP) is 2.87. The lowest BCUT2D eigenvalue weighted by Crippen LogP contribution is -2.39. The molecule has 0 bridgehead atoms. The van der Waals surface area contributed by atoms with Crippen molar-refractivity contribution in [2.24, 2.45) is 5.92 Å². The summed E-state index contributed by atoms with van der Waals surface area (Å²) >= 11 is 0. The summed E-state index contributed by atoms with van der Waals surface area (Å²) in [5.41, 5.74) is 2.02. The second-order valence-corrected chi connectivity index (χ2v) is 5.81. The van der Waals surface area contributed by atoms with Crippen LogP contribution in [0.3, 0.4) is 0 Å². The van der Waals surface area contributed by atoms with E-state index in [9.17, 15) is 9.90 Å². The average molecular weight is 275 g/mol. The van der Waals surface area contributed by atoms with Gasteiger partial charge in [0.05, 0.1) is 12.6 Å². The Hall–Kier alpha value is -1.35. The molecule has 0 spiro atoms. The molecule has 3 nitrogen and oxygen atoms in total. The van der Waals surface area contributed by atoms with E-state index in [0.717, 1.165) is 24.9 Å². The normalized spacial score (nSPS) is 22.2. The van der Waals surface area contributed by atoms with Crippen molar-refractivity contribution >= 4 is 5.91 Å². The molecule has 0 saturated carbocycles. The largest absolute Gasteiger partial charge is 0.394 e. The highest BCUT2D eigenvalue weighted by atomic mass is 16.3. The molecule has 2 rings (SSSR count). The minimum absolute atomic E-state index is 0.0257. The molecule has 1 fully saturated rings. The van der Waals surface area contributed by atoms with Gasteiger partial charge in [0.15, 0.2) is 0 Å². The lowest BCUT2D eigenvalue weighted by atomic mass is 10.0. The van der Waals surface area contributed by atoms with Crippen LogP contribution in [0.2, 0.25) is 0 Å². The molecule has 2 atom stereocenters. The highest BCUT2D eigenvalue weighted by Crippen LogP contribution is 2.25. The molecule has 1 aromatic carbocycles. The van der Waals surface area contributed by atoms with Crippen molar-refractivity contribution in [1.29, 1.82) is 0 Å². The van der Waals surface area contributed by atoms with Crippen molar-refractivity contribution in [2.75, 3.05) is 13.2 Å². The molecule has 1 N–H and O–H groups in total. The van der Waals surface area contributed by atoms with Crippen LogP contribution in [-0.2, 0) is 6.42 Å². The van der Waals surface area contributed by atoms with E-state index in [2.05, 4.69) is 26.0 Å². The standard InChI is InChI=1S/C17H25NO2/c1-3-4-5-14-6-8-15(9-7-14)17(20)18-11-10-13(2)16(18)12-19/h6-9,13,16,19H,3-5,10-12H2,1-2H3. The number of nitrogens with zero attached hydrogens (tertiary/aromatic N) is 1. The number of hydrogen-bond acceptors (Lipinski definition) is 2. The predicted molar refractivity (Wildman–Crippen MR) is 80.7 cm³/mol. The van der Waals surface area contributed by atoms with Gasteiger partial charge < -0.3 is 10.0 Å². The molecule has 1 aromatic rings. The summed E-state index contributed by atoms with van der Waals surface area (Å²) in [5.74, 6) is 0.434. The van der Waals surface area contributed by atoms with Crippen molar-refractivity contribution in [2.45, 2.75) is 45.6 Å². The topological polar surface area (TPSA) is 40.5 Å². The highest BCUT2D eigenvalue weighted by Gasteiger charge is 2.34. The van der Waals surface area contributed by atoms with Gasteiger partial charge in [0, 0.05) is 12.1 Å². The summed E-state index contributed by atoms with van der Waals surface area (Å²) in [6, 6.07) is 7.92. The van der Waals surface area contributed by atoms with Gasteiger partial charge in [-0.05, 0) is 42.9 Å². The maximum atomic E-state index is 12.5. The fourth-order valence-electron chi connectivity index (χ4n) is 2.90. The van der Waals surface area contributed by atoms with Crippen molar-refractivity contribution in [3.63, 3.8) is 0 Å². The first kappa shape index (κ1) is 15.0. The summed E-state index contributed by atoms with van der Waals surface area (Å²) in [6.07, 6.45) is 4.42. The second kappa shape index (κ2) is 6.89. The Kier molecular flexibility index (Phi) is 5.18. The van der Waals surface area contributed by atoms with Gasteiger partial charge in [0.1, 0.15) is 0 Å². The number of benzene rings is 1. The highest BCUT2D eigenvalue weighted by molar-refractivity contribution is 5.94. The molecular formula is C17H25NO2. The minimum atomic E-state index is -0.0257. The first-order valence-corrected chi connectivity index (χ1v) is 7.68. The van der Waals surface area contributed by atoms with Crippen LogP contribution in [0.5, 0.6) is 0 Å². The molecule has 1 saturated heterocycles. The van der Waals surface area contributed by atoms with Gasteiger partial charge in [-0.1, -0.05) is 32.4 Å². The number of rotatable bonds is 5. The van der Waals surface area contributed by atoms with E-state index in [-0.39, 0.29) is 18.6 Å². The van der Waals surface area contributed by atoms with E-state index in [4.69, 9.17) is 0 Å². The molecule has 1 aliphatic rings. The van der Waals surface area contributed by atoms with Gasteiger partial charge >= 0.3 is 0 Å². The van der Waals surface area contributed by atoms with Gasteiger partial charge in [0.2, 0.25) is 0 Å². The van der Waals surface area contributed by atoms with Crippen LogP contribution in [0, 0.1) is 5.92 Å². The zero-order valence-electron chi connectivity index (χ0n) is 12.5. The van der Waals surface area contributed by atoms with Crippen molar-refractivity contribution < 1.29 is 9.90 Å². The summed E-state index contributed by atoms with van der Waals surface area (Å²) in [5, 5.41) is 9.45. The quantitative estimate of drug-likeness (QED) is 0.897. The molecule has 0 radical (unpaired) electrons. The average Bonchev–Trinajstić information content (AvgIpc) is 2.85. The van der Waals surface area contributed by atoms with E-state index < -0.39 is 0 Å². The summed E-state index contributed by atoms with van der Waals surface area (Å²) in [7, 11) is 0. The molecule has 1 amide bonds. The molecule has 0 aliphatic carbocycles. The molecule has 1 aliphatic heterocycles. The van der Waals surface area contributed by atoms with Gasteiger partial charge in [-0.2, -0.15) is 0 Å². The molecule has 2 unspecified atom stereocenters. The molecule has 20 heavy (non-hydrogen) atoms. The zero-order chi connectivity index (χ0) is 14.5. The Morgan fingerprint density at radius 3 is 2.65 bits per heavy atom. The maximum Gasteiger partial charge on any atom is 0.254 e. The molecule has 1 heterocycles. The Balaban J connectivity index is 2.05. The lowest BCUT2D eigenvalue weighted by Gasteiger charge is -2.25. The summed E-state index contributed by atoms with van der Waals surface area (Å²) < 4.78 is 0. The van der Waals surface area contributed by atoms with E-state index in [1.165, 1.54) is 18.4 Å². The van der Waals surface area contributed by atoms with Crippen LogP contribution in [0.1, 0.15) is 49.0 Å². The fourth-order valence-corrected chi connectivity index (χ4v) is 2.90. The van der Waals surface area contributed by atoms with Crippen LogP contribution in [0.15, 0.2) is 24.3 Å². The monoisotopic (exact) mass is 275 g/mol. The number of hydrogen-bond donors (Lipinski definition) is 1. The third kappa shape index (κ3) is 3.21. The SMILES string of the molecule is CCCCc1ccc(C(=O)N2CCC(C)C2CO)cc1. The number of carbonyl (C=O) groups excluding carboxylic acids is 1. The maximum absolute atomic E-state index is 12.5. The van der Waals surface area contributed by atoms with Crippen LogP contribution in [-0.4, -0.2) is 35.1 Å². The van der Waals surface area contributed by atoms with Crippen molar-refractivity contribution in [3.8, 4) is 0 Å².